The van der Waals surface area contributed by atoms with Crippen molar-refractivity contribution in [1.82, 2.24) is 5.32 Å². The Kier molecular flexibility index (Phi) is 3.71. The van der Waals surface area contributed by atoms with E-state index in [1.165, 1.54) is 0 Å². The molecule has 2 rings (SSSR count). The van der Waals surface area contributed by atoms with Crippen molar-refractivity contribution in [2.45, 2.75) is 13.5 Å². The van der Waals surface area contributed by atoms with Gasteiger partial charge in [0.15, 0.2) is 0 Å². The normalized spacial score (nSPS) is 10.2. The van der Waals surface area contributed by atoms with Crippen molar-refractivity contribution in [3.63, 3.8) is 0 Å². The maximum atomic E-state index is 12.0. The number of amides is 1. The van der Waals surface area contributed by atoms with Gasteiger partial charge in [-0.3, -0.25) is 4.79 Å². The van der Waals surface area contributed by atoms with Crippen LogP contribution in [0.1, 0.15) is 21.5 Å². The Morgan fingerprint density at radius 1 is 1.21 bits per heavy atom. The molecule has 19 heavy (non-hydrogen) atoms. The molecule has 98 valence electrons. The zero-order valence-corrected chi connectivity index (χ0v) is 10.7. The van der Waals surface area contributed by atoms with Crippen LogP contribution >= 0.6 is 0 Å². The largest absolute Gasteiger partial charge is 0.505 e. The minimum Gasteiger partial charge on any atom is -0.505 e. The van der Waals surface area contributed by atoms with E-state index in [0.29, 0.717) is 17.7 Å². The van der Waals surface area contributed by atoms with E-state index in [1.54, 1.807) is 19.1 Å². The van der Waals surface area contributed by atoms with Crippen molar-refractivity contribution >= 4 is 11.6 Å². The van der Waals surface area contributed by atoms with Gasteiger partial charge < -0.3 is 16.2 Å². The third kappa shape index (κ3) is 2.85. The first-order chi connectivity index (χ1) is 9.09. The average Bonchev–Trinajstić information content (AvgIpc) is 2.43. The topological polar surface area (TPSA) is 75.4 Å². The van der Waals surface area contributed by atoms with Gasteiger partial charge in [-0.05, 0) is 24.1 Å². The minimum atomic E-state index is -0.295. The maximum absolute atomic E-state index is 12.0. The second kappa shape index (κ2) is 5.44. The van der Waals surface area contributed by atoms with Gasteiger partial charge >= 0.3 is 0 Å². The fourth-order valence-corrected chi connectivity index (χ4v) is 1.79. The Morgan fingerprint density at radius 3 is 2.58 bits per heavy atom. The van der Waals surface area contributed by atoms with Crippen LogP contribution in [-0.2, 0) is 6.54 Å². The first-order valence-electron chi connectivity index (χ1n) is 5.99. The van der Waals surface area contributed by atoms with Crippen LogP contribution in [0.2, 0.25) is 0 Å². The third-order valence-electron chi connectivity index (χ3n) is 2.96. The lowest BCUT2D eigenvalue weighted by molar-refractivity contribution is 0.0951. The van der Waals surface area contributed by atoms with Gasteiger partial charge in [-0.2, -0.15) is 0 Å². The lowest BCUT2D eigenvalue weighted by Gasteiger charge is -2.10. The van der Waals surface area contributed by atoms with Crippen molar-refractivity contribution in [2.75, 3.05) is 5.73 Å². The molecule has 4 N–H and O–H groups in total. The quantitative estimate of drug-likeness (QED) is 0.582. The van der Waals surface area contributed by atoms with Crippen LogP contribution in [-0.4, -0.2) is 11.0 Å². The van der Waals surface area contributed by atoms with Crippen LogP contribution < -0.4 is 11.1 Å². The molecule has 0 fully saturated rings. The Labute approximate surface area is 111 Å². The van der Waals surface area contributed by atoms with E-state index in [-0.39, 0.29) is 17.3 Å². The summed E-state index contributed by atoms with van der Waals surface area (Å²) in [6, 6.07) is 12.9. The smallest absolute Gasteiger partial charge is 0.253 e. The number of carbonyl (C=O) groups excluding carboxylic acids is 1. The maximum Gasteiger partial charge on any atom is 0.253 e. The summed E-state index contributed by atoms with van der Waals surface area (Å²) in [7, 11) is 0. The highest BCUT2D eigenvalue weighted by Crippen LogP contribution is 2.27. The molecule has 0 saturated heterocycles. The first-order valence-corrected chi connectivity index (χ1v) is 5.99. The summed E-state index contributed by atoms with van der Waals surface area (Å²) in [4.78, 5) is 12.0. The average molecular weight is 256 g/mol. The van der Waals surface area contributed by atoms with Crippen LogP contribution in [0, 0.1) is 6.92 Å². The van der Waals surface area contributed by atoms with E-state index < -0.39 is 0 Å². The lowest BCUT2D eigenvalue weighted by Crippen LogP contribution is -2.23. The number of carbonyl (C=O) groups is 1. The summed E-state index contributed by atoms with van der Waals surface area (Å²) in [6.45, 7) is 2.16. The summed E-state index contributed by atoms with van der Waals surface area (Å²) >= 11 is 0. The summed E-state index contributed by atoms with van der Waals surface area (Å²) < 4.78 is 0. The zero-order chi connectivity index (χ0) is 13.8. The highest BCUT2D eigenvalue weighted by Gasteiger charge is 2.13. The second-order valence-electron chi connectivity index (χ2n) is 4.36. The monoisotopic (exact) mass is 256 g/mol. The van der Waals surface area contributed by atoms with Crippen molar-refractivity contribution < 1.29 is 9.90 Å². The highest BCUT2D eigenvalue weighted by molar-refractivity contribution is 6.00. The molecular weight excluding hydrogens is 240 g/mol. The molecule has 2 aromatic rings. The summed E-state index contributed by atoms with van der Waals surface area (Å²) in [5.41, 5.74) is 7.80. The number of nitrogens with one attached hydrogen (secondary N) is 1. The Hall–Kier alpha value is -2.49. The summed E-state index contributed by atoms with van der Waals surface area (Å²) in [5.74, 6) is -0.330. The number of phenols is 1. The van der Waals surface area contributed by atoms with Gasteiger partial charge in [0, 0.05) is 6.54 Å². The van der Waals surface area contributed by atoms with E-state index in [4.69, 9.17) is 5.73 Å². The standard InChI is InChI=1S/C15H16N2O2/c1-10-7-8-12(13(16)14(10)18)15(19)17-9-11-5-3-2-4-6-11/h2-8,18H,9,16H2,1H3,(H,17,19). The molecule has 1 amide bonds. The van der Waals surface area contributed by atoms with E-state index in [0.717, 1.165) is 5.56 Å². The molecule has 0 heterocycles. The molecule has 0 aliphatic heterocycles. The first kappa shape index (κ1) is 13.0. The van der Waals surface area contributed by atoms with Crippen LogP contribution in [0.5, 0.6) is 5.75 Å². The molecule has 0 unspecified atom stereocenters. The lowest BCUT2D eigenvalue weighted by atomic mass is 10.1. The van der Waals surface area contributed by atoms with Crippen molar-refractivity contribution in [2.24, 2.45) is 0 Å². The van der Waals surface area contributed by atoms with Crippen LogP contribution in [0.15, 0.2) is 42.5 Å². The number of anilines is 1. The Morgan fingerprint density at radius 2 is 1.89 bits per heavy atom. The SMILES string of the molecule is Cc1ccc(C(=O)NCc2ccccc2)c(N)c1O. The van der Waals surface area contributed by atoms with Gasteiger partial charge in [-0.15, -0.1) is 0 Å². The molecule has 2 aromatic carbocycles. The van der Waals surface area contributed by atoms with E-state index in [1.807, 2.05) is 30.3 Å². The molecule has 0 aliphatic rings. The highest BCUT2D eigenvalue weighted by atomic mass is 16.3. The van der Waals surface area contributed by atoms with E-state index >= 15 is 0 Å². The second-order valence-corrected chi connectivity index (χ2v) is 4.36. The van der Waals surface area contributed by atoms with Gasteiger partial charge in [-0.1, -0.05) is 36.4 Å². The number of nitrogen functional groups attached to an aromatic ring is 1. The molecule has 4 nitrogen and oxygen atoms in total. The number of rotatable bonds is 3. The van der Waals surface area contributed by atoms with Gasteiger partial charge in [0.1, 0.15) is 5.75 Å². The minimum absolute atomic E-state index is 0.0349. The Balaban J connectivity index is 2.11. The van der Waals surface area contributed by atoms with Gasteiger partial charge in [0.25, 0.3) is 5.91 Å². The predicted molar refractivity (Wildman–Crippen MR) is 74.9 cm³/mol. The molecule has 0 bridgehead atoms. The fraction of sp³-hybridized carbons (Fsp3) is 0.133. The van der Waals surface area contributed by atoms with Crippen molar-refractivity contribution in [3.05, 3.63) is 59.2 Å². The number of aromatic hydroxyl groups is 1. The third-order valence-corrected chi connectivity index (χ3v) is 2.96. The van der Waals surface area contributed by atoms with E-state index in [9.17, 15) is 9.90 Å². The molecule has 0 radical (unpaired) electrons. The van der Waals surface area contributed by atoms with Gasteiger partial charge in [-0.25, -0.2) is 0 Å². The zero-order valence-electron chi connectivity index (χ0n) is 10.7. The van der Waals surface area contributed by atoms with Crippen LogP contribution in [0.3, 0.4) is 0 Å². The fourth-order valence-electron chi connectivity index (χ4n) is 1.79. The van der Waals surface area contributed by atoms with Gasteiger partial charge in [0.05, 0.1) is 11.3 Å². The van der Waals surface area contributed by atoms with Crippen molar-refractivity contribution in [1.29, 1.82) is 0 Å². The Bertz CT molecular complexity index is 595. The molecular formula is C15H16N2O2. The number of aryl methyl sites for hydroxylation is 1. The number of benzene rings is 2. The molecule has 0 atom stereocenters. The molecule has 0 saturated carbocycles. The van der Waals surface area contributed by atoms with Crippen LogP contribution in [0.4, 0.5) is 5.69 Å². The van der Waals surface area contributed by atoms with Crippen molar-refractivity contribution in [3.8, 4) is 5.75 Å². The number of nitrogens with two attached hydrogens (primary N) is 1. The van der Waals surface area contributed by atoms with E-state index in [2.05, 4.69) is 5.32 Å². The number of hydrogen-bond acceptors (Lipinski definition) is 3. The van der Waals surface area contributed by atoms with Crippen LogP contribution in [0.25, 0.3) is 0 Å². The summed E-state index contributed by atoms with van der Waals surface area (Å²) in [6.07, 6.45) is 0. The van der Waals surface area contributed by atoms with Gasteiger partial charge in [0.2, 0.25) is 0 Å². The predicted octanol–water partition coefficient (Wildman–Crippen LogP) is 2.21. The molecule has 0 aliphatic carbocycles. The molecule has 0 aromatic heterocycles. The number of phenolic OH excluding ortho intramolecular Hbond substituents is 1. The summed E-state index contributed by atoms with van der Waals surface area (Å²) in [5, 5.41) is 12.5. The molecule has 4 heteroatoms. The molecule has 0 spiro atoms. The number of hydrogen-bond donors (Lipinski definition) is 3.